The molecule has 1 fully saturated rings. The zero-order chi connectivity index (χ0) is 30.9. The highest BCUT2D eigenvalue weighted by Gasteiger charge is 2.35. The van der Waals surface area contributed by atoms with Crippen LogP contribution in [0.25, 0.3) is 5.57 Å². The van der Waals surface area contributed by atoms with Gasteiger partial charge < -0.3 is 20.1 Å². The molecule has 3 aromatic carbocycles. The normalized spacial score (nSPS) is 14.5. The van der Waals surface area contributed by atoms with E-state index in [2.05, 4.69) is 42.3 Å². The Morgan fingerprint density at radius 1 is 1.05 bits per heavy atom. The van der Waals surface area contributed by atoms with E-state index in [4.69, 9.17) is 14.6 Å². The molecule has 5 rings (SSSR count). The summed E-state index contributed by atoms with van der Waals surface area (Å²) in [7, 11) is 0. The summed E-state index contributed by atoms with van der Waals surface area (Å²) in [6, 6.07) is 16.3. The molecule has 3 aromatic rings. The molecule has 0 radical (unpaired) electrons. The topological polar surface area (TPSA) is 78.9 Å². The summed E-state index contributed by atoms with van der Waals surface area (Å²) in [5, 5.41) is 10.3. The third-order valence-corrected chi connectivity index (χ3v) is 7.94. The molecule has 43 heavy (non-hydrogen) atoms. The van der Waals surface area contributed by atoms with Gasteiger partial charge in [0, 0.05) is 24.7 Å². The molecule has 1 saturated carbocycles. The molecule has 0 saturated heterocycles. The van der Waals surface area contributed by atoms with Crippen molar-refractivity contribution in [1.29, 1.82) is 0 Å². The van der Waals surface area contributed by atoms with Crippen molar-refractivity contribution >= 4 is 18.0 Å². The summed E-state index contributed by atoms with van der Waals surface area (Å²) in [5.74, 6) is -3.92. The number of benzene rings is 3. The molecule has 0 unspecified atom stereocenters. The van der Waals surface area contributed by atoms with Gasteiger partial charge in [-0.1, -0.05) is 42.5 Å². The second kappa shape index (κ2) is 14.9. The first-order chi connectivity index (χ1) is 20.7. The average Bonchev–Trinajstić information content (AvgIpc) is 3.85. The van der Waals surface area contributed by atoms with E-state index in [1.54, 1.807) is 0 Å². The molecule has 1 amide bonds. The molecule has 1 aliphatic carbocycles. The van der Waals surface area contributed by atoms with Gasteiger partial charge in [-0.15, -0.1) is 0 Å². The molecule has 6 nitrogen and oxygen atoms in total. The van der Waals surface area contributed by atoms with Crippen molar-refractivity contribution in [2.45, 2.75) is 58.5 Å². The standard InChI is InChI=1S/C33H35F3N2O2.CH2O2/c1-21-5-3-7-25(22(21)2)20-38(26-12-13-26)33(39)28-19-37-17-16-27(28)24-10-8-23(9-11-24)6-4-18-40-32-30(35)15-14-29(34)31(32)36;2-1-3/h3,5,7-11,14-15,26,37H,4,6,12-13,16-20H2,1-2H3;1H,(H,2,3). The molecular weight excluding hydrogens is 557 g/mol. The Labute approximate surface area is 250 Å². The van der Waals surface area contributed by atoms with E-state index in [-0.39, 0.29) is 19.0 Å². The predicted octanol–water partition coefficient (Wildman–Crippen LogP) is 6.37. The molecule has 9 heteroatoms. The molecule has 0 atom stereocenters. The number of hydrogen-bond donors (Lipinski definition) is 2. The van der Waals surface area contributed by atoms with Gasteiger partial charge in [-0.3, -0.25) is 9.59 Å². The molecule has 228 valence electrons. The Hall–Kier alpha value is -4.11. The van der Waals surface area contributed by atoms with E-state index in [1.165, 1.54) is 16.7 Å². The highest BCUT2D eigenvalue weighted by molar-refractivity contribution is 6.02. The number of carbonyl (C=O) groups is 2. The van der Waals surface area contributed by atoms with Crippen LogP contribution in [-0.4, -0.2) is 48.1 Å². The maximum atomic E-state index is 13.9. The number of carboxylic acid groups (broad SMARTS) is 1. The Balaban J connectivity index is 0.00000135. The first-order valence-corrected chi connectivity index (χ1v) is 14.5. The predicted molar refractivity (Wildman–Crippen MR) is 159 cm³/mol. The molecule has 1 heterocycles. The van der Waals surface area contributed by atoms with Crippen LogP contribution in [-0.2, 0) is 22.6 Å². The van der Waals surface area contributed by atoms with Crippen LogP contribution in [0, 0.1) is 31.3 Å². The number of carbonyl (C=O) groups excluding carboxylic acids is 1. The van der Waals surface area contributed by atoms with E-state index in [0.29, 0.717) is 32.0 Å². The van der Waals surface area contributed by atoms with E-state index < -0.39 is 23.2 Å². The van der Waals surface area contributed by atoms with Crippen molar-refractivity contribution in [3.63, 3.8) is 0 Å². The number of hydrogen-bond acceptors (Lipinski definition) is 4. The highest BCUT2D eigenvalue weighted by atomic mass is 19.2. The number of halogens is 3. The number of amides is 1. The third kappa shape index (κ3) is 8.04. The van der Waals surface area contributed by atoms with E-state index in [9.17, 15) is 18.0 Å². The Morgan fingerprint density at radius 2 is 1.74 bits per heavy atom. The van der Waals surface area contributed by atoms with Crippen molar-refractivity contribution in [2.75, 3.05) is 19.7 Å². The van der Waals surface area contributed by atoms with Crippen molar-refractivity contribution in [3.05, 3.63) is 105 Å². The first-order valence-electron chi connectivity index (χ1n) is 14.5. The fourth-order valence-electron chi connectivity index (χ4n) is 5.26. The van der Waals surface area contributed by atoms with E-state index in [1.807, 2.05) is 24.3 Å². The second-order valence-corrected chi connectivity index (χ2v) is 10.8. The van der Waals surface area contributed by atoms with Gasteiger partial charge >= 0.3 is 0 Å². The van der Waals surface area contributed by atoms with Crippen LogP contribution < -0.4 is 10.1 Å². The molecule has 0 aromatic heterocycles. The van der Waals surface area contributed by atoms with Crippen LogP contribution >= 0.6 is 0 Å². The number of nitrogens with zero attached hydrogens (tertiary/aromatic N) is 1. The third-order valence-electron chi connectivity index (χ3n) is 7.94. The number of aryl methyl sites for hydroxylation is 2. The maximum Gasteiger partial charge on any atom is 0.290 e. The lowest BCUT2D eigenvalue weighted by Crippen LogP contribution is -2.39. The maximum absolute atomic E-state index is 13.9. The first kappa shape index (κ1) is 31.8. The Morgan fingerprint density at radius 3 is 2.44 bits per heavy atom. The van der Waals surface area contributed by atoms with Gasteiger partial charge in [0.15, 0.2) is 17.4 Å². The summed E-state index contributed by atoms with van der Waals surface area (Å²) in [5.41, 5.74) is 7.68. The Kier molecular flexibility index (Phi) is 11.0. The monoisotopic (exact) mass is 594 g/mol. The minimum Gasteiger partial charge on any atom is -0.488 e. The van der Waals surface area contributed by atoms with Crippen molar-refractivity contribution in [2.24, 2.45) is 0 Å². The van der Waals surface area contributed by atoms with Gasteiger partial charge in [-0.25, -0.2) is 8.78 Å². The number of nitrogens with one attached hydrogen (secondary N) is 1. The molecule has 0 bridgehead atoms. The lowest BCUT2D eigenvalue weighted by molar-refractivity contribution is -0.128. The average molecular weight is 595 g/mol. The minimum atomic E-state index is -1.31. The van der Waals surface area contributed by atoms with Crippen LogP contribution in [0.4, 0.5) is 13.2 Å². The molecule has 0 spiro atoms. The van der Waals surface area contributed by atoms with Crippen LogP contribution in [0.15, 0.2) is 60.2 Å². The zero-order valence-corrected chi connectivity index (χ0v) is 24.5. The largest absolute Gasteiger partial charge is 0.488 e. The van der Waals surface area contributed by atoms with Gasteiger partial charge in [0.25, 0.3) is 12.4 Å². The molecule has 2 N–H and O–H groups in total. The summed E-state index contributed by atoms with van der Waals surface area (Å²) in [4.78, 5) is 24.3. The summed E-state index contributed by atoms with van der Waals surface area (Å²) in [6.45, 7) is 6.03. The van der Waals surface area contributed by atoms with Crippen LogP contribution in [0.5, 0.6) is 5.75 Å². The SMILES string of the molecule is Cc1cccc(CN(C(=O)C2=C(c3ccc(CCCOc4c(F)ccc(F)c4F)cc3)CCNC2)C2CC2)c1C.O=CO. The Bertz CT molecular complexity index is 1470. The minimum absolute atomic E-state index is 0.0614. The van der Waals surface area contributed by atoms with E-state index >= 15 is 0 Å². The van der Waals surface area contributed by atoms with Crippen molar-refractivity contribution in [1.82, 2.24) is 10.2 Å². The highest BCUT2D eigenvalue weighted by Crippen LogP contribution is 2.33. The summed E-state index contributed by atoms with van der Waals surface area (Å²) < 4.78 is 46.1. The smallest absolute Gasteiger partial charge is 0.290 e. The zero-order valence-electron chi connectivity index (χ0n) is 24.5. The summed E-state index contributed by atoms with van der Waals surface area (Å²) in [6.07, 6.45) is 4.02. The van der Waals surface area contributed by atoms with Gasteiger partial charge in [0.2, 0.25) is 5.82 Å². The lowest BCUT2D eigenvalue weighted by Gasteiger charge is -2.29. The van der Waals surface area contributed by atoms with Crippen LogP contribution in [0.3, 0.4) is 0 Å². The van der Waals surface area contributed by atoms with E-state index in [0.717, 1.165) is 60.2 Å². The van der Waals surface area contributed by atoms with Gasteiger partial charge in [0.05, 0.1) is 6.61 Å². The summed E-state index contributed by atoms with van der Waals surface area (Å²) >= 11 is 0. The van der Waals surface area contributed by atoms with Crippen LogP contribution in [0.1, 0.15) is 53.5 Å². The van der Waals surface area contributed by atoms with Crippen molar-refractivity contribution < 1.29 is 32.6 Å². The molecule has 2 aliphatic rings. The van der Waals surface area contributed by atoms with Gasteiger partial charge in [-0.05, 0) is 98.0 Å². The van der Waals surface area contributed by atoms with Crippen molar-refractivity contribution in [3.8, 4) is 5.75 Å². The number of ether oxygens (including phenoxy) is 1. The molecular formula is C34H37F3N2O4. The van der Waals surface area contributed by atoms with Crippen LogP contribution in [0.2, 0.25) is 0 Å². The lowest BCUT2D eigenvalue weighted by atomic mass is 9.92. The fourth-order valence-corrected chi connectivity index (χ4v) is 5.26. The van der Waals surface area contributed by atoms with Gasteiger partial charge in [-0.2, -0.15) is 4.39 Å². The second-order valence-electron chi connectivity index (χ2n) is 10.8. The quantitative estimate of drug-likeness (QED) is 0.162. The molecule has 1 aliphatic heterocycles. The van der Waals surface area contributed by atoms with Gasteiger partial charge in [0.1, 0.15) is 0 Å². The number of rotatable bonds is 10. The fraction of sp³-hybridized carbons (Fsp3) is 0.353.